The summed E-state index contributed by atoms with van der Waals surface area (Å²) in [6, 6.07) is 32.3. The molecule has 27 heteroatoms. The molecule has 2 aromatic heterocycles. The predicted octanol–water partition coefficient (Wildman–Crippen LogP) is 10.5. The zero-order chi connectivity index (χ0) is 56.2. The maximum Gasteiger partial charge on any atom is 0.435 e. The van der Waals surface area contributed by atoms with Crippen LogP contribution in [0.5, 0.6) is 0 Å². The Bertz CT molecular complexity index is 3760. The van der Waals surface area contributed by atoms with Crippen LogP contribution >= 0.6 is 11.8 Å². The van der Waals surface area contributed by atoms with Gasteiger partial charge < -0.3 is 20.9 Å². The van der Waals surface area contributed by atoms with Gasteiger partial charge in [0.1, 0.15) is 23.0 Å². The van der Waals surface area contributed by atoms with E-state index < -0.39 is 85.3 Å². The van der Waals surface area contributed by atoms with Crippen LogP contribution in [0.15, 0.2) is 155 Å². The Labute approximate surface area is 439 Å². The zero-order valence-corrected chi connectivity index (χ0v) is 42.4. The first kappa shape index (κ1) is 56.8. The van der Waals surface area contributed by atoms with Gasteiger partial charge in [0.15, 0.2) is 31.1 Å². The molecule has 0 saturated carbocycles. The quantitative estimate of drug-likeness (QED) is 0.0393. The highest BCUT2D eigenvalue weighted by Crippen LogP contribution is 2.35. The molecule has 8 rings (SSSR count). The number of nitrogens with one attached hydrogen (secondary N) is 4. The molecular weight excluding hydrogens is 1090 g/mol. The van der Waals surface area contributed by atoms with Crippen molar-refractivity contribution in [2.45, 2.75) is 35.5 Å². The molecule has 0 bridgehead atoms. The molecule has 0 aliphatic carbocycles. The lowest BCUT2D eigenvalue weighted by Gasteiger charge is -2.13. The van der Waals surface area contributed by atoms with E-state index in [-0.39, 0.29) is 61.3 Å². The minimum atomic E-state index is -4.87. The SMILES string of the molecule is CB(O)Nc1cccc(-n2nc(C(F)(F)F)cc2C(=O)Nc2ccc(-c3ccccc3S(C)(=O)=O)cc2F)c1.CS(=O)(=O)c1ccccc1-c1ccc(NC(=O)c2cc(C(F)(F)F)nn2-c2cccc(CNCl)c2)c(F)c1. The first-order valence-corrected chi connectivity index (χ1v) is 26.4. The summed E-state index contributed by atoms with van der Waals surface area (Å²) in [7, 11) is -8.19. The van der Waals surface area contributed by atoms with E-state index in [1.807, 2.05) is 0 Å². The number of carbonyl (C=O) groups excluding carboxylic acids is 2. The highest BCUT2D eigenvalue weighted by molar-refractivity contribution is 7.91. The Kier molecular flexibility index (Phi) is 16.8. The van der Waals surface area contributed by atoms with E-state index in [1.54, 1.807) is 30.3 Å². The van der Waals surface area contributed by atoms with Crippen molar-refractivity contribution in [3.05, 3.63) is 186 Å². The highest BCUT2D eigenvalue weighted by Gasteiger charge is 2.38. The summed E-state index contributed by atoms with van der Waals surface area (Å²) in [6.45, 7) is 1.64. The van der Waals surface area contributed by atoms with Gasteiger partial charge in [0.25, 0.3) is 11.8 Å². The first-order valence-electron chi connectivity index (χ1n) is 22.3. The Morgan fingerprint density at radius 1 is 0.597 bits per heavy atom. The fourth-order valence-corrected chi connectivity index (χ4v) is 9.57. The lowest BCUT2D eigenvalue weighted by Crippen LogP contribution is -2.20. The predicted molar refractivity (Wildman–Crippen MR) is 273 cm³/mol. The third-order valence-electron chi connectivity index (χ3n) is 11.0. The van der Waals surface area contributed by atoms with Gasteiger partial charge in [0.05, 0.1) is 32.5 Å². The molecule has 400 valence electrons. The van der Waals surface area contributed by atoms with Crippen LogP contribution in [0, 0.1) is 11.6 Å². The molecule has 0 fully saturated rings. The summed E-state index contributed by atoms with van der Waals surface area (Å²) < 4.78 is 161. The number of hydrogen-bond donors (Lipinski definition) is 5. The number of nitrogens with zero attached hydrogens (tertiary/aromatic N) is 4. The third-order valence-corrected chi connectivity index (χ3v) is 13.4. The molecule has 8 aromatic rings. The number of halogens is 9. The lowest BCUT2D eigenvalue weighted by atomic mass is 9.88. The van der Waals surface area contributed by atoms with Crippen molar-refractivity contribution < 1.29 is 66.6 Å². The van der Waals surface area contributed by atoms with Gasteiger partial charge in [-0.3, -0.25) is 9.59 Å². The van der Waals surface area contributed by atoms with Crippen LogP contribution < -0.4 is 20.7 Å². The number of anilines is 3. The number of alkyl halides is 6. The minimum absolute atomic E-state index is 0.00800. The van der Waals surface area contributed by atoms with Crippen LogP contribution in [0.2, 0.25) is 6.82 Å². The van der Waals surface area contributed by atoms with E-state index in [1.165, 1.54) is 97.8 Å². The fraction of sp³-hybridized carbons (Fsp3) is 0.120. The Balaban J connectivity index is 0.000000224. The van der Waals surface area contributed by atoms with Crippen LogP contribution in [0.1, 0.15) is 37.9 Å². The van der Waals surface area contributed by atoms with Crippen LogP contribution in [0.3, 0.4) is 0 Å². The van der Waals surface area contributed by atoms with Crippen molar-refractivity contribution in [3.63, 3.8) is 0 Å². The van der Waals surface area contributed by atoms with Crippen molar-refractivity contribution in [2.24, 2.45) is 0 Å². The summed E-state index contributed by atoms with van der Waals surface area (Å²) in [4.78, 5) is 28.5. The first-order chi connectivity index (χ1) is 36.1. The fourth-order valence-electron chi connectivity index (χ4n) is 7.60. The number of aromatic nitrogens is 4. The van der Waals surface area contributed by atoms with Crippen LogP contribution in [0.4, 0.5) is 52.2 Å². The van der Waals surface area contributed by atoms with Crippen molar-refractivity contribution in [2.75, 3.05) is 28.4 Å². The van der Waals surface area contributed by atoms with Crippen LogP contribution in [-0.2, 0) is 38.6 Å². The molecule has 0 spiro atoms. The largest absolute Gasteiger partial charge is 0.435 e. The molecule has 0 saturated heterocycles. The second-order valence-electron chi connectivity index (χ2n) is 16.8. The monoisotopic (exact) mass is 1130 g/mol. The zero-order valence-electron chi connectivity index (χ0n) is 40.0. The topological polar surface area (TPSA) is 206 Å². The van der Waals surface area contributed by atoms with Gasteiger partial charge in [-0.15, -0.1) is 0 Å². The molecular formula is C50H40BClF8N8O7S2. The van der Waals surface area contributed by atoms with Gasteiger partial charge in [0.2, 0.25) is 0 Å². The Hall–Kier alpha value is -7.91. The molecule has 2 heterocycles. The molecule has 6 aromatic carbocycles. The van der Waals surface area contributed by atoms with E-state index in [2.05, 4.69) is 30.9 Å². The smallest absolute Gasteiger partial charge is 0.433 e. The summed E-state index contributed by atoms with van der Waals surface area (Å²) >= 11 is 5.52. The van der Waals surface area contributed by atoms with E-state index in [0.717, 1.165) is 34.0 Å². The molecule has 0 aliphatic rings. The van der Waals surface area contributed by atoms with Gasteiger partial charge in [-0.05, 0) is 102 Å². The van der Waals surface area contributed by atoms with Crippen LogP contribution in [0.25, 0.3) is 33.6 Å². The molecule has 0 atom stereocenters. The summed E-state index contributed by atoms with van der Waals surface area (Å²) in [5.74, 6) is -3.97. The van der Waals surface area contributed by atoms with Crippen molar-refractivity contribution >= 4 is 67.4 Å². The normalized spacial score (nSPS) is 11.9. The molecule has 0 unspecified atom stereocenters. The average molecular weight is 1130 g/mol. The molecule has 77 heavy (non-hydrogen) atoms. The minimum Gasteiger partial charge on any atom is -0.433 e. The molecule has 5 N–H and O–H groups in total. The van der Waals surface area contributed by atoms with E-state index in [0.29, 0.717) is 23.4 Å². The average Bonchev–Trinajstić information content (AvgIpc) is 4.05. The van der Waals surface area contributed by atoms with Gasteiger partial charge >= 0.3 is 19.4 Å². The standard InChI is InChI=1S/C25H21BF4N4O4S.C25H19ClF4N4O3S/c1-26(36)32-16-6-5-7-17(13-16)34-21(14-23(33-34)25(28,29)30)24(35)31-20-11-10-15(12-19(20)27)18-8-3-4-9-22(18)39(2,37)38;1-38(36,37)22-8-3-2-7-18(22)16-9-10-20(19(27)12-16)32-24(35)21-13-23(25(28,29)30)33-34(21)17-6-4-5-15(11-17)14-31-26/h3-14,32,36H,1-2H3,(H,31,35);2-13,31H,14H2,1H3,(H,32,35). The van der Waals surface area contributed by atoms with E-state index >= 15 is 8.78 Å². The Morgan fingerprint density at radius 3 is 1.43 bits per heavy atom. The van der Waals surface area contributed by atoms with Gasteiger partial charge in [0, 0.05) is 48.0 Å². The van der Waals surface area contributed by atoms with Gasteiger partial charge in [-0.25, -0.2) is 39.8 Å². The van der Waals surface area contributed by atoms with Crippen molar-refractivity contribution in [1.29, 1.82) is 0 Å². The van der Waals surface area contributed by atoms with Gasteiger partial charge in [-0.1, -0.05) is 66.7 Å². The Morgan fingerprint density at radius 2 is 1.03 bits per heavy atom. The molecule has 0 radical (unpaired) electrons. The summed E-state index contributed by atoms with van der Waals surface area (Å²) in [5.41, 5.74) is -2.16. The van der Waals surface area contributed by atoms with Crippen molar-refractivity contribution in [1.82, 2.24) is 24.4 Å². The van der Waals surface area contributed by atoms with Crippen LogP contribution in [-0.4, -0.2) is 72.8 Å². The summed E-state index contributed by atoms with van der Waals surface area (Å²) in [5, 5.41) is 23.8. The number of carbonyl (C=O) groups is 2. The van der Waals surface area contributed by atoms with E-state index in [4.69, 9.17) is 11.8 Å². The number of hydrogen-bond acceptors (Lipinski definition) is 11. The van der Waals surface area contributed by atoms with Crippen molar-refractivity contribution in [3.8, 4) is 33.6 Å². The highest BCUT2D eigenvalue weighted by atomic mass is 35.5. The summed E-state index contributed by atoms with van der Waals surface area (Å²) in [6.07, 6.45) is -7.66. The maximum absolute atomic E-state index is 15.0. The maximum atomic E-state index is 15.0. The number of amides is 2. The number of rotatable bonds is 14. The van der Waals surface area contributed by atoms with E-state index in [9.17, 15) is 57.8 Å². The third kappa shape index (κ3) is 13.7. The molecule has 2 amide bonds. The second kappa shape index (κ2) is 22.7. The van der Waals surface area contributed by atoms with Gasteiger partial charge in [-0.2, -0.15) is 36.5 Å². The lowest BCUT2D eigenvalue weighted by molar-refractivity contribution is -0.142. The number of sulfone groups is 2. The molecule has 15 nitrogen and oxygen atoms in total. The second-order valence-corrected chi connectivity index (χ2v) is 21.1. The number of benzene rings is 6. The molecule has 0 aliphatic heterocycles.